The SMILES string of the molecule is CC(C)(C)c1ccccc1NC(=O)CCc1c[nH]c2ccccc12. The van der Waals surface area contributed by atoms with Crippen molar-refractivity contribution in [2.75, 3.05) is 5.32 Å². The number of para-hydroxylation sites is 2. The number of amides is 1. The monoisotopic (exact) mass is 320 g/mol. The van der Waals surface area contributed by atoms with E-state index in [4.69, 9.17) is 0 Å². The lowest BCUT2D eigenvalue weighted by molar-refractivity contribution is -0.116. The smallest absolute Gasteiger partial charge is 0.224 e. The topological polar surface area (TPSA) is 44.9 Å². The van der Waals surface area contributed by atoms with Crippen molar-refractivity contribution in [1.82, 2.24) is 4.98 Å². The Labute approximate surface area is 143 Å². The number of H-pyrrole nitrogens is 1. The third kappa shape index (κ3) is 3.51. The highest BCUT2D eigenvalue weighted by Crippen LogP contribution is 2.29. The molecule has 0 spiro atoms. The Kier molecular flexibility index (Phi) is 4.43. The van der Waals surface area contributed by atoms with Gasteiger partial charge in [0.1, 0.15) is 0 Å². The predicted octanol–water partition coefficient (Wildman–Crippen LogP) is 5.04. The van der Waals surface area contributed by atoms with Crippen molar-refractivity contribution < 1.29 is 4.79 Å². The van der Waals surface area contributed by atoms with Crippen LogP contribution in [-0.2, 0) is 16.6 Å². The Morgan fingerprint density at radius 3 is 2.54 bits per heavy atom. The average molecular weight is 320 g/mol. The van der Waals surface area contributed by atoms with Crippen LogP contribution in [0.1, 0.15) is 38.3 Å². The molecular formula is C21H24N2O. The van der Waals surface area contributed by atoms with Crippen LogP contribution in [0, 0.1) is 0 Å². The number of anilines is 1. The van der Waals surface area contributed by atoms with Crippen LogP contribution in [0.3, 0.4) is 0 Å². The zero-order valence-electron chi connectivity index (χ0n) is 14.5. The van der Waals surface area contributed by atoms with Crippen LogP contribution in [0.4, 0.5) is 5.69 Å². The summed E-state index contributed by atoms with van der Waals surface area (Å²) in [7, 11) is 0. The van der Waals surface area contributed by atoms with Gasteiger partial charge in [0.25, 0.3) is 0 Å². The van der Waals surface area contributed by atoms with Gasteiger partial charge in [-0.25, -0.2) is 0 Å². The molecular weight excluding hydrogens is 296 g/mol. The zero-order chi connectivity index (χ0) is 17.2. The average Bonchev–Trinajstić information content (AvgIpc) is 2.96. The highest BCUT2D eigenvalue weighted by molar-refractivity contribution is 5.92. The van der Waals surface area contributed by atoms with Crippen LogP contribution in [0.15, 0.2) is 54.7 Å². The minimum absolute atomic E-state index is 0.000708. The molecule has 1 heterocycles. The second kappa shape index (κ2) is 6.52. The number of nitrogens with one attached hydrogen (secondary N) is 2. The summed E-state index contributed by atoms with van der Waals surface area (Å²) >= 11 is 0. The van der Waals surface area contributed by atoms with Gasteiger partial charge in [-0.05, 0) is 35.1 Å². The van der Waals surface area contributed by atoms with Gasteiger partial charge in [-0.3, -0.25) is 4.79 Å². The summed E-state index contributed by atoms with van der Waals surface area (Å²) in [6.07, 6.45) is 3.20. The van der Waals surface area contributed by atoms with E-state index in [0.29, 0.717) is 6.42 Å². The molecule has 3 nitrogen and oxygen atoms in total. The minimum atomic E-state index is 0.000708. The van der Waals surface area contributed by atoms with E-state index in [9.17, 15) is 4.79 Å². The molecule has 3 aromatic rings. The lowest BCUT2D eigenvalue weighted by Crippen LogP contribution is -2.18. The van der Waals surface area contributed by atoms with Gasteiger partial charge in [0.15, 0.2) is 0 Å². The van der Waals surface area contributed by atoms with Gasteiger partial charge >= 0.3 is 0 Å². The van der Waals surface area contributed by atoms with E-state index in [2.05, 4.69) is 49.3 Å². The maximum absolute atomic E-state index is 12.4. The lowest BCUT2D eigenvalue weighted by Gasteiger charge is -2.23. The number of fused-ring (bicyclic) bond motifs is 1. The second-order valence-electron chi connectivity index (χ2n) is 7.20. The number of rotatable bonds is 4. The van der Waals surface area contributed by atoms with Gasteiger partial charge in [-0.2, -0.15) is 0 Å². The highest BCUT2D eigenvalue weighted by atomic mass is 16.1. The van der Waals surface area contributed by atoms with Crippen LogP contribution in [0.25, 0.3) is 10.9 Å². The molecule has 0 aliphatic heterocycles. The fraction of sp³-hybridized carbons (Fsp3) is 0.286. The van der Waals surface area contributed by atoms with Crippen molar-refractivity contribution in [1.29, 1.82) is 0 Å². The van der Waals surface area contributed by atoms with E-state index in [0.717, 1.165) is 23.2 Å². The van der Waals surface area contributed by atoms with Crippen LogP contribution < -0.4 is 5.32 Å². The molecule has 0 aliphatic carbocycles. The van der Waals surface area contributed by atoms with Crippen LogP contribution >= 0.6 is 0 Å². The van der Waals surface area contributed by atoms with Crippen molar-refractivity contribution in [3.63, 3.8) is 0 Å². The summed E-state index contributed by atoms with van der Waals surface area (Å²) in [5.74, 6) is 0.0528. The van der Waals surface area contributed by atoms with E-state index in [1.807, 2.05) is 36.5 Å². The quantitative estimate of drug-likeness (QED) is 0.695. The summed E-state index contributed by atoms with van der Waals surface area (Å²) in [6.45, 7) is 6.47. The molecule has 0 unspecified atom stereocenters. The van der Waals surface area contributed by atoms with E-state index >= 15 is 0 Å². The van der Waals surface area contributed by atoms with Gasteiger partial charge < -0.3 is 10.3 Å². The highest BCUT2D eigenvalue weighted by Gasteiger charge is 2.18. The van der Waals surface area contributed by atoms with E-state index in [1.54, 1.807) is 0 Å². The summed E-state index contributed by atoms with van der Waals surface area (Å²) in [5, 5.41) is 4.27. The van der Waals surface area contributed by atoms with Crippen LogP contribution in [0.5, 0.6) is 0 Å². The molecule has 2 N–H and O–H groups in total. The standard InChI is InChI=1S/C21H24N2O/c1-21(2,3)17-9-5-7-11-19(17)23-20(24)13-12-15-14-22-18-10-6-4-8-16(15)18/h4-11,14,22H,12-13H2,1-3H3,(H,23,24). The molecule has 0 aliphatic rings. The molecule has 0 bridgehead atoms. The number of aryl methyl sites for hydroxylation is 1. The van der Waals surface area contributed by atoms with Gasteiger partial charge in [0.05, 0.1) is 0 Å². The normalized spacial score (nSPS) is 11.6. The molecule has 3 rings (SSSR count). The molecule has 124 valence electrons. The molecule has 0 saturated heterocycles. The van der Waals surface area contributed by atoms with Gasteiger partial charge in [-0.1, -0.05) is 57.2 Å². The van der Waals surface area contributed by atoms with Crippen molar-refractivity contribution >= 4 is 22.5 Å². The first-order chi connectivity index (χ1) is 11.4. The fourth-order valence-corrected chi connectivity index (χ4v) is 3.05. The third-order valence-electron chi connectivity index (χ3n) is 4.31. The predicted molar refractivity (Wildman–Crippen MR) is 100 cm³/mol. The van der Waals surface area contributed by atoms with E-state index in [-0.39, 0.29) is 11.3 Å². The van der Waals surface area contributed by atoms with Crippen molar-refractivity contribution in [3.05, 3.63) is 65.9 Å². The summed E-state index contributed by atoms with van der Waals surface area (Å²) < 4.78 is 0. The number of benzene rings is 2. The Morgan fingerprint density at radius 2 is 1.75 bits per heavy atom. The van der Waals surface area contributed by atoms with Gasteiger partial charge in [-0.15, -0.1) is 0 Å². The Morgan fingerprint density at radius 1 is 1.04 bits per heavy atom. The van der Waals surface area contributed by atoms with Crippen LogP contribution in [-0.4, -0.2) is 10.9 Å². The lowest BCUT2D eigenvalue weighted by atomic mass is 9.86. The number of hydrogen-bond acceptors (Lipinski definition) is 1. The molecule has 0 saturated carbocycles. The van der Waals surface area contributed by atoms with E-state index < -0.39 is 0 Å². The summed E-state index contributed by atoms with van der Waals surface area (Å²) in [5.41, 5.74) is 4.37. The zero-order valence-corrected chi connectivity index (χ0v) is 14.5. The fourth-order valence-electron chi connectivity index (χ4n) is 3.05. The molecule has 3 heteroatoms. The second-order valence-corrected chi connectivity index (χ2v) is 7.20. The maximum atomic E-state index is 12.4. The van der Waals surface area contributed by atoms with Gasteiger partial charge in [0, 0.05) is 29.2 Å². The third-order valence-corrected chi connectivity index (χ3v) is 4.31. The number of hydrogen-bond donors (Lipinski definition) is 2. The van der Waals surface area contributed by atoms with Crippen molar-refractivity contribution in [2.45, 2.75) is 39.0 Å². The Bertz CT molecular complexity index is 855. The summed E-state index contributed by atoms with van der Waals surface area (Å²) in [6, 6.07) is 16.2. The minimum Gasteiger partial charge on any atom is -0.361 e. The number of carbonyl (C=O) groups excluding carboxylic acids is 1. The Balaban J connectivity index is 1.69. The number of aromatic amines is 1. The number of carbonyl (C=O) groups is 1. The molecule has 24 heavy (non-hydrogen) atoms. The maximum Gasteiger partial charge on any atom is 0.224 e. The first-order valence-electron chi connectivity index (χ1n) is 8.39. The first kappa shape index (κ1) is 16.3. The largest absolute Gasteiger partial charge is 0.361 e. The molecule has 1 aromatic heterocycles. The van der Waals surface area contributed by atoms with Gasteiger partial charge in [0.2, 0.25) is 5.91 Å². The van der Waals surface area contributed by atoms with Crippen molar-refractivity contribution in [2.24, 2.45) is 0 Å². The van der Waals surface area contributed by atoms with Crippen molar-refractivity contribution in [3.8, 4) is 0 Å². The van der Waals surface area contributed by atoms with Crippen LogP contribution in [0.2, 0.25) is 0 Å². The van der Waals surface area contributed by atoms with E-state index in [1.165, 1.54) is 10.9 Å². The molecule has 0 fully saturated rings. The molecule has 0 radical (unpaired) electrons. The number of aromatic nitrogens is 1. The Hall–Kier alpha value is -2.55. The molecule has 0 atom stereocenters. The molecule has 1 amide bonds. The summed E-state index contributed by atoms with van der Waals surface area (Å²) in [4.78, 5) is 15.7. The first-order valence-corrected chi connectivity index (χ1v) is 8.39. The molecule has 2 aromatic carbocycles.